The monoisotopic (exact) mass is 282 g/mol. The van der Waals surface area contributed by atoms with E-state index >= 15 is 0 Å². The fourth-order valence-electron chi connectivity index (χ4n) is 2.03. The third-order valence-electron chi connectivity index (χ3n) is 2.87. The van der Waals surface area contributed by atoms with E-state index in [1.807, 2.05) is 35.9 Å². The van der Waals surface area contributed by atoms with Gasteiger partial charge in [-0.05, 0) is 26.0 Å². The molecule has 0 bridgehead atoms. The number of para-hydroxylation sites is 2. The summed E-state index contributed by atoms with van der Waals surface area (Å²) in [5.41, 5.74) is 1.90. The van der Waals surface area contributed by atoms with Gasteiger partial charge in [-0.2, -0.15) is 0 Å². The molecule has 0 atom stereocenters. The van der Waals surface area contributed by atoms with E-state index in [1.54, 1.807) is 13.8 Å². The maximum absolute atomic E-state index is 12.5. The summed E-state index contributed by atoms with van der Waals surface area (Å²) >= 11 is 0. The highest BCUT2D eigenvalue weighted by Crippen LogP contribution is 2.51. The predicted molar refractivity (Wildman–Crippen MR) is 75.3 cm³/mol. The van der Waals surface area contributed by atoms with E-state index in [2.05, 4.69) is 4.98 Å². The molecule has 0 saturated carbocycles. The van der Waals surface area contributed by atoms with Crippen LogP contribution in [0.4, 0.5) is 0 Å². The topological polar surface area (TPSA) is 53.3 Å². The van der Waals surface area contributed by atoms with Crippen molar-refractivity contribution in [2.24, 2.45) is 7.05 Å². The van der Waals surface area contributed by atoms with Gasteiger partial charge in [-0.25, -0.2) is 4.98 Å². The van der Waals surface area contributed by atoms with Gasteiger partial charge < -0.3 is 13.6 Å². The maximum Gasteiger partial charge on any atom is 0.338 e. The smallest absolute Gasteiger partial charge is 0.331 e. The molecule has 0 radical (unpaired) electrons. The highest BCUT2D eigenvalue weighted by atomic mass is 31.2. The van der Waals surface area contributed by atoms with Crippen molar-refractivity contribution in [2.45, 2.75) is 20.0 Å². The highest BCUT2D eigenvalue weighted by Gasteiger charge is 2.26. The van der Waals surface area contributed by atoms with Gasteiger partial charge in [0, 0.05) is 7.05 Å². The number of benzene rings is 1. The molecule has 0 amide bonds. The van der Waals surface area contributed by atoms with Crippen molar-refractivity contribution >= 4 is 18.6 Å². The fraction of sp³-hybridized carbons (Fsp3) is 0.462. The summed E-state index contributed by atoms with van der Waals surface area (Å²) in [7, 11) is -1.20. The average molecular weight is 282 g/mol. The Morgan fingerprint density at radius 3 is 2.42 bits per heavy atom. The van der Waals surface area contributed by atoms with Gasteiger partial charge in [0.2, 0.25) is 0 Å². The van der Waals surface area contributed by atoms with Gasteiger partial charge in [-0.15, -0.1) is 0 Å². The van der Waals surface area contributed by atoms with Gasteiger partial charge in [0.25, 0.3) is 0 Å². The van der Waals surface area contributed by atoms with Crippen LogP contribution in [0.1, 0.15) is 19.7 Å². The summed E-state index contributed by atoms with van der Waals surface area (Å²) in [5.74, 6) is 0.714. The summed E-state index contributed by atoms with van der Waals surface area (Å²) in [6.07, 6.45) is 0.194. The minimum absolute atomic E-state index is 0.194. The van der Waals surface area contributed by atoms with E-state index in [0.29, 0.717) is 19.0 Å². The Balaban J connectivity index is 2.34. The molecule has 2 aromatic rings. The minimum Gasteiger partial charge on any atom is -0.331 e. The summed E-state index contributed by atoms with van der Waals surface area (Å²) in [6.45, 7) is 4.34. The third kappa shape index (κ3) is 3.06. The van der Waals surface area contributed by atoms with E-state index in [9.17, 15) is 4.57 Å². The maximum atomic E-state index is 12.5. The van der Waals surface area contributed by atoms with Gasteiger partial charge in [0.1, 0.15) is 12.0 Å². The molecule has 0 spiro atoms. The van der Waals surface area contributed by atoms with Crippen LogP contribution < -0.4 is 0 Å². The lowest BCUT2D eigenvalue weighted by Crippen LogP contribution is -2.03. The van der Waals surface area contributed by atoms with E-state index in [1.165, 1.54) is 0 Å². The summed E-state index contributed by atoms with van der Waals surface area (Å²) in [4.78, 5) is 4.49. The van der Waals surface area contributed by atoms with Crippen LogP contribution >= 0.6 is 7.60 Å². The van der Waals surface area contributed by atoms with E-state index in [4.69, 9.17) is 9.05 Å². The fourth-order valence-corrected chi connectivity index (χ4v) is 3.71. The van der Waals surface area contributed by atoms with Crippen LogP contribution in [0.3, 0.4) is 0 Å². The molecule has 19 heavy (non-hydrogen) atoms. The molecule has 6 heteroatoms. The van der Waals surface area contributed by atoms with E-state index in [-0.39, 0.29) is 6.16 Å². The largest absolute Gasteiger partial charge is 0.338 e. The molecule has 0 N–H and O–H groups in total. The Kier molecular flexibility index (Phi) is 4.40. The van der Waals surface area contributed by atoms with Crippen LogP contribution in [0, 0.1) is 0 Å². The van der Waals surface area contributed by atoms with Crippen molar-refractivity contribution in [3.05, 3.63) is 30.1 Å². The van der Waals surface area contributed by atoms with Crippen molar-refractivity contribution in [3.8, 4) is 0 Å². The molecule has 0 aliphatic heterocycles. The number of imidazole rings is 1. The number of nitrogens with zero attached hydrogens (tertiary/aromatic N) is 2. The molecule has 1 heterocycles. The zero-order valence-corrected chi connectivity index (χ0v) is 12.4. The van der Waals surface area contributed by atoms with Crippen LogP contribution in [0.2, 0.25) is 0 Å². The molecular formula is C13H19N2O3P. The molecule has 0 saturated heterocycles. The lowest BCUT2D eigenvalue weighted by Gasteiger charge is -2.16. The van der Waals surface area contributed by atoms with Crippen LogP contribution in [-0.4, -0.2) is 22.8 Å². The molecule has 0 unspecified atom stereocenters. The standard InChI is InChI=1S/C13H19N2O3P/c1-4-17-19(16,18-5-2)10-13-14-11-8-6-7-9-12(11)15(13)3/h6-9H,4-5,10H2,1-3H3. The Labute approximate surface area is 113 Å². The number of hydrogen-bond donors (Lipinski definition) is 0. The predicted octanol–water partition coefficient (Wildman–Crippen LogP) is 3.34. The molecule has 0 fully saturated rings. The quantitative estimate of drug-likeness (QED) is 0.762. The van der Waals surface area contributed by atoms with Gasteiger partial charge in [-0.1, -0.05) is 12.1 Å². The molecule has 0 aliphatic carbocycles. The molecule has 0 aliphatic rings. The third-order valence-corrected chi connectivity index (χ3v) is 4.84. The molecule has 2 rings (SSSR count). The lowest BCUT2D eigenvalue weighted by atomic mass is 10.3. The normalized spacial score (nSPS) is 12.2. The zero-order chi connectivity index (χ0) is 13.9. The number of hydrogen-bond acceptors (Lipinski definition) is 4. The van der Waals surface area contributed by atoms with Crippen molar-refractivity contribution in [1.82, 2.24) is 9.55 Å². The number of fused-ring (bicyclic) bond motifs is 1. The summed E-state index contributed by atoms with van der Waals surface area (Å²) in [6, 6.07) is 7.81. The number of aryl methyl sites for hydroxylation is 1. The summed E-state index contributed by atoms with van der Waals surface area (Å²) < 4.78 is 25.1. The molecule has 5 nitrogen and oxygen atoms in total. The summed E-state index contributed by atoms with van der Waals surface area (Å²) in [5, 5.41) is 0. The first-order valence-corrected chi connectivity index (χ1v) is 8.11. The molecule has 1 aromatic carbocycles. The van der Waals surface area contributed by atoms with E-state index < -0.39 is 7.60 Å². The lowest BCUT2D eigenvalue weighted by molar-refractivity contribution is 0.218. The average Bonchev–Trinajstić information content (AvgIpc) is 2.67. The van der Waals surface area contributed by atoms with Crippen molar-refractivity contribution in [1.29, 1.82) is 0 Å². The second kappa shape index (κ2) is 5.87. The van der Waals surface area contributed by atoms with Gasteiger partial charge >= 0.3 is 7.60 Å². The Morgan fingerprint density at radius 1 is 1.21 bits per heavy atom. The first kappa shape index (κ1) is 14.3. The van der Waals surface area contributed by atoms with Crippen molar-refractivity contribution < 1.29 is 13.6 Å². The Morgan fingerprint density at radius 2 is 1.84 bits per heavy atom. The zero-order valence-electron chi connectivity index (χ0n) is 11.5. The Bertz CT molecular complexity index is 599. The van der Waals surface area contributed by atoms with Crippen LogP contribution in [0.25, 0.3) is 11.0 Å². The highest BCUT2D eigenvalue weighted by molar-refractivity contribution is 7.53. The Hall–Kier alpha value is -1.16. The van der Waals surface area contributed by atoms with Gasteiger partial charge in [0.05, 0.1) is 24.2 Å². The van der Waals surface area contributed by atoms with Crippen molar-refractivity contribution in [2.75, 3.05) is 13.2 Å². The minimum atomic E-state index is -3.11. The van der Waals surface area contributed by atoms with Gasteiger partial charge in [-0.3, -0.25) is 4.57 Å². The second-order valence-corrected chi connectivity index (χ2v) is 6.23. The first-order chi connectivity index (χ1) is 9.09. The molecular weight excluding hydrogens is 263 g/mol. The van der Waals surface area contributed by atoms with Crippen LogP contribution in [-0.2, 0) is 26.8 Å². The van der Waals surface area contributed by atoms with Crippen molar-refractivity contribution in [3.63, 3.8) is 0 Å². The first-order valence-electron chi connectivity index (χ1n) is 6.38. The molecule has 104 valence electrons. The second-order valence-electron chi connectivity index (χ2n) is 4.18. The van der Waals surface area contributed by atoms with Crippen LogP contribution in [0.15, 0.2) is 24.3 Å². The molecule has 1 aromatic heterocycles. The number of rotatable bonds is 6. The SMILES string of the molecule is CCOP(=O)(Cc1nc2ccccc2n1C)OCC. The van der Waals surface area contributed by atoms with Crippen LogP contribution in [0.5, 0.6) is 0 Å². The van der Waals surface area contributed by atoms with Gasteiger partial charge in [0.15, 0.2) is 0 Å². The number of aromatic nitrogens is 2. The van der Waals surface area contributed by atoms with E-state index in [0.717, 1.165) is 11.0 Å².